The van der Waals surface area contributed by atoms with E-state index in [9.17, 15) is 27.5 Å². The van der Waals surface area contributed by atoms with E-state index in [1.165, 1.54) is 6.92 Å². The molecule has 0 bridgehead atoms. The van der Waals surface area contributed by atoms with Gasteiger partial charge in [0.2, 0.25) is 15.7 Å². The molecule has 1 unspecified atom stereocenters. The van der Waals surface area contributed by atoms with Crippen molar-refractivity contribution in [2.24, 2.45) is 5.73 Å². The van der Waals surface area contributed by atoms with Crippen LogP contribution in [0.25, 0.3) is 0 Å². The molecule has 1 atom stereocenters. The first-order valence-corrected chi connectivity index (χ1v) is 9.07. The number of primary amides is 1. The topological polar surface area (TPSA) is 115 Å². The minimum Gasteiger partial charge on any atom is -0.386 e. The molecule has 2 rings (SSSR count). The Bertz CT molecular complexity index is 885. The van der Waals surface area contributed by atoms with Crippen LogP contribution in [-0.2, 0) is 21.1 Å². The van der Waals surface area contributed by atoms with E-state index in [-0.39, 0.29) is 26.0 Å². The summed E-state index contributed by atoms with van der Waals surface area (Å²) >= 11 is 0.725. The molecule has 1 amide bonds. The molecule has 1 heterocycles. The number of benzene rings is 1. The molecular formula is C15H14FNO5S2. The lowest BCUT2D eigenvalue weighted by Gasteiger charge is -2.03. The van der Waals surface area contributed by atoms with Gasteiger partial charge < -0.3 is 10.8 Å². The average molecular weight is 371 g/mol. The molecule has 0 saturated heterocycles. The molecule has 0 saturated carbocycles. The highest BCUT2D eigenvalue weighted by molar-refractivity contribution is 7.93. The zero-order valence-electron chi connectivity index (χ0n) is 12.5. The number of hydrogen-bond donors (Lipinski definition) is 2. The Labute approximate surface area is 141 Å². The van der Waals surface area contributed by atoms with Gasteiger partial charge in [0.15, 0.2) is 5.78 Å². The number of carbonyl (C=O) groups is 2. The third-order valence-corrected chi connectivity index (χ3v) is 6.62. The fourth-order valence-corrected chi connectivity index (χ4v) is 4.84. The third kappa shape index (κ3) is 3.69. The van der Waals surface area contributed by atoms with E-state index in [4.69, 9.17) is 5.73 Å². The number of Topliss-reactive ketones (excluding diaryl/α,β-unsaturated/α-hetero) is 1. The van der Waals surface area contributed by atoms with E-state index in [1.807, 2.05) is 0 Å². The Kier molecular flexibility index (Phi) is 5.16. The summed E-state index contributed by atoms with van der Waals surface area (Å²) in [5.41, 5.74) is 5.14. The number of carbonyl (C=O) groups excluding carboxylic acids is 2. The van der Waals surface area contributed by atoms with Crippen molar-refractivity contribution >= 4 is 32.9 Å². The van der Waals surface area contributed by atoms with Crippen molar-refractivity contribution in [2.75, 3.05) is 0 Å². The van der Waals surface area contributed by atoms with E-state index in [0.717, 1.165) is 41.7 Å². The summed E-state index contributed by atoms with van der Waals surface area (Å²) in [4.78, 5) is 23.2. The molecule has 0 fully saturated rings. The van der Waals surface area contributed by atoms with Gasteiger partial charge in [0.05, 0.1) is 10.5 Å². The second-order valence-electron chi connectivity index (χ2n) is 5.04. The van der Waals surface area contributed by atoms with Crippen LogP contribution in [0.2, 0.25) is 0 Å². The van der Waals surface area contributed by atoms with Crippen molar-refractivity contribution in [3.8, 4) is 0 Å². The van der Waals surface area contributed by atoms with Crippen LogP contribution in [-0.4, -0.2) is 31.3 Å². The summed E-state index contributed by atoms with van der Waals surface area (Å²) in [6.07, 6.45) is -1.55. The lowest BCUT2D eigenvalue weighted by Crippen LogP contribution is -2.20. The second kappa shape index (κ2) is 6.80. The molecule has 6 nitrogen and oxygen atoms in total. The summed E-state index contributed by atoms with van der Waals surface area (Å²) < 4.78 is 37.9. The van der Waals surface area contributed by atoms with Crippen LogP contribution in [0.1, 0.15) is 22.2 Å². The zero-order chi connectivity index (χ0) is 18.1. The number of halogens is 1. The summed E-state index contributed by atoms with van der Waals surface area (Å²) in [5, 5.41) is 9.27. The maximum absolute atomic E-state index is 13.0. The van der Waals surface area contributed by atoms with Crippen molar-refractivity contribution in [1.29, 1.82) is 0 Å². The molecule has 0 aliphatic heterocycles. The van der Waals surface area contributed by atoms with E-state index in [1.54, 1.807) is 0 Å². The van der Waals surface area contributed by atoms with Gasteiger partial charge in [-0.15, -0.1) is 11.3 Å². The van der Waals surface area contributed by atoms with Gasteiger partial charge in [-0.1, -0.05) is 0 Å². The first kappa shape index (κ1) is 18.2. The summed E-state index contributed by atoms with van der Waals surface area (Å²) in [6.45, 7) is 1.27. The van der Waals surface area contributed by atoms with E-state index < -0.39 is 33.4 Å². The molecular weight excluding hydrogens is 357 g/mol. The van der Waals surface area contributed by atoms with Crippen LogP contribution >= 0.6 is 11.3 Å². The van der Waals surface area contributed by atoms with Crippen LogP contribution in [0.3, 0.4) is 0 Å². The van der Waals surface area contributed by atoms with Crippen molar-refractivity contribution < 1.29 is 27.5 Å². The molecule has 24 heavy (non-hydrogen) atoms. The van der Waals surface area contributed by atoms with Crippen LogP contribution in [0, 0.1) is 5.82 Å². The summed E-state index contributed by atoms with van der Waals surface area (Å²) in [6, 6.07) is 5.32. The first-order chi connectivity index (χ1) is 11.1. The Balaban J connectivity index is 2.49. The summed E-state index contributed by atoms with van der Waals surface area (Å²) in [5.74, 6) is -2.02. The van der Waals surface area contributed by atoms with Gasteiger partial charge in [-0.3, -0.25) is 9.59 Å². The van der Waals surface area contributed by atoms with Gasteiger partial charge in [-0.25, -0.2) is 12.8 Å². The molecule has 0 aliphatic rings. The van der Waals surface area contributed by atoms with E-state index in [0.29, 0.717) is 0 Å². The number of thiophene rings is 1. The molecule has 1 aromatic heterocycles. The van der Waals surface area contributed by atoms with Gasteiger partial charge in [0.1, 0.15) is 16.1 Å². The minimum atomic E-state index is -3.98. The predicted molar refractivity (Wildman–Crippen MR) is 85.1 cm³/mol. The van der Waals surface area contributed by atoms with Gasteiger partial charge in [0.25, 0.3) is 0 Å². The van der Waals surface area contributed by atoms with Gasteiger partial charge >= 0.3 is 0 Å². The largest absolute Gasteiger partial charge is 0.386 e. The number of aliphatic hydroxyl groups excluding tert-OH is 1. The highest BCUT2D eigenvalue weighted by Crippen LogP contribution is 2.31. The molecule has 2 aromatic rings. The monoisotopic (exact) mass is 371 g/mol. The number of rotatable bonds is 6. The van der Waals surface area contributed by atoms with E-state index in [2.05, 4.69) is 0 Å². The summed E-state index contributed by atoms with van der Waals surface area (Å²) in [7, 11) is -3.98. The lowest BCUT2D eigenvalue weighted by atomic mass is 10.1. The fraction of sp³-hybridized carbons (Fsp3) is 0.200. The molecule has 1 aromatic carbocycles. The maximum atomic E-state index is 13.0. The van der Waals surface area contributed by atoms with Crippen molar-refractivity contribution in [1.82, 2.24) is 0 Å². The number of ketones is 1. The highest BCUT2D eigenvalue weighted by atomic mass is 32.2. The zero-order valence-corrected chi connectivity index (χ0v) is 14.2. The fourth-order valence-electron chi connectivity index (χ4n) is 1.91. The number of amides is 1. The standard InChI is InChI=1S/C15H14FNO5S2/c1-8(18)12(19)7-13-11(15(17)20)6-14(23-13)24(21,22)10-4-2-9(16)3-5-10/h2-6,8,18H,7H2,1H3,(H2,17,20). The number of aliphatic hydroxyl groups is 1. The van der Waals surface area contributed by atoms with Crippen molar-refractivity contribution in [2.45, 2.75) is 28.6 Å². The predicted octanol–water partition coefficient (Wildman–Crippen LogP) is 1.31. The number of sulfone groups is 1. The quantitative estimate of drug-likeness (QED) is 0.743. The molecule has 0 radical (unpaired) electrons. The van der Waals surface area contributed by atoms with Gasteiger partial charge in [0, 0.05) is 11.3 Å². The Morgan fingerprint density at radius 1 is 1.29 bits per heavy atom. The van der Waals surface area contributed by atoms with Gasteiger partial charge in [-0.2, -0.15) is 0 Å². The van der Waals surface area contributed by atoms with Crippen molar-refractivity contribution in [3.05, 3.63) is 46.6 Å². The molecule has 0 spiro atoms. The molecule has 9 heteroatoms. The molecule has 128 valence electrons. The van der Waals surface area contributed by atoms with Crippen LogP contribution in [0.15, 0.2) is 39.4 Å². The maximum Gasteiger partial charge on any atom is 0.249 e. The molecule has 0 aliphatic carbocycles. The Hall–Kier alpha value is -2.10. The highest BCUT2D eigenvalue weighted by Gasteiger charge is 2.26. The lowest BCUT2D eigenvalue weighted by molar-refractivity contribution is -0.125. The van der Waals surface area contributed by atoms with Crippen molar-refractivity contribution in [3.63, 3.8) is 0 Å². The molecule has 3 N–H and O–H groups in total. The van der Waals surface area contributed by atoms with Crippen LogP contribution in [0.4, 0.5) is 4.39 Å². The second-order valence-corrected chi connectivity index (χ2v) is 8.36. The normalized spacial score (nSPS) is 12.8. The van der Waals surface area contributed by atoms with Gasteiger partial charge in [-0.05, 0) is 37.3 Å². The number of nitrogens with two attached hydrogens (primary N) is 1. The Morgan fingerprint density at radius 3 is 2.38 bits per heavy atom. The smallest absolute Gasteiger partial charge is 0.249 e. The third-order valence-electron chi connectivity index (χ3n) is 3.24. The average Bonchev–Trinajstić information content (AvgIpc) is 2.92. The minimum absolute atomic E-state index is 0.0883. The number of hydrogen-bond acceptors (Lipinski definition) is 6. The van der Waals surface area contributed by atoms with E-state index >= 15 is 0 Å². The first-order valence-electron chi connectivity index (χ1n) is 6.77. The van der Waals surface area contributed by atoms with Crippen LogP contribution < -0.4 is 5.73 Å². The SMILES string of the molecule is CC(O)C(=O)Cc1sc(S(=O)(=O)c2ccc(F)cc2)cc1C(N)=O. The Morgan fingerprint density at radius 2 is 1.88 bits per heavy atom. The van der Waals surface area contributed by atoms with Crippen LogP contribution in [0.5, 0.6) is 0 Å².